The summed E-state index contributed by atoms with van der Waals surface area (Å²) in [5, 5.41) is 0. The van der Waals surface area contributed by atoms with Crippen LogP contribution in [0.3, 0.4) is 0 Å². The number of benzene rings is 1. The summed E-state index contributed by atoms with van der Waals surface area (Å²) >= 11 is 3.44. The average Bonchev–Trinajstić information content (AvgIpc) is 2.72. The second-order valence-electron chi connectivity index (χ2n) is 3.76. The normalized spacial score (nSPS) is 10.3. The summed E-state index contributed by atoms with van der Waals surface area (Å²) in [7, 11) is 1.63. The second kappa shape index (κ2) is 5.27. The van der Waals surface area contributed by atoms with E-state index in [2.05, 4.69) is 27.5 Å². The predicted octanol–water partition coefficient (Wildman–Crippen LogP) is 3.09. The zero-order chi connectivity index (χ0) is 13.1. The average molecular weight is 308 g/mol. The van der Waals surface area contributed by atoms with Gasteiger partial charge in [0.1, 0.15) is 17.3 Å². The third-order valence-electron chi connectivity index (χ3n) is 2.62. The monoisotopic (exact) mass is 307 g/mol. The third kappa shape index (κ3) is 2.26. The molecule has 0 radical (unpaired) electrons. The lowest BCUT2D eigenvalue weighted by molar-refractivity contribution is 0.416. The molecule has 0 unspecified atom stereocenters. The molecule has 0 fully saturated rings. The number of halogens is 1. The van der Waals surface area contributed by atoms with Gasteiger partial charge in [0.15, 0.2) is 0 Å². The van der Waals surface area contributed by atoms with Crippen LogP contribution in [0.2, 0.25) is 0 Å². The van der Waals surface area contributed by atoms with E-state index in [1.54, 1.807) is 19.5 Å². The van der Waals surface area contributed by atoms with E-state index in [4.69, 9.17) is 10.5 Å². The van der Waals surface area contributed by atoms with Crippen LogP contribution in [0, 0.1) is 0 Å². The Labute approximate surface area is 114 Å². The first-order valence-electron chi connectivity index (χ1n) is 5.42. The van der Waals surface area contributed by atoms with E-state index in [9.17, 15) is 0 Å². The summed E-state index contributed by atoms with van der Waals surface area (Å²) in [6, 6.07) is 5.74. The van der Waals surface area contributed by atoms with Crippen LogP contribution >= 0.6 is 15.9 Å². The number of nitrogen functional groups attached to an aromatic ring is 1. The quantitative estimate of drug-likeness (QED) is 0.883. The summed E-state index contributed by atoms with van der Waals surface area (Å²) in [6.45, 7) is 4.32. The van der Waals surface area contributed by atoms with Gasteiger partial charge in [0.25, 0.3) is 0 Å². The maximum atomic E-state index is 6.08. The van der Waals surface area contributed by atoms with Gasteiger partial charge in [0, 0.05) is 16.6 Å². The van der Waals surface area contributed by atoms with Gasteiger partial charge in [-0.15, -0.1) is 6.58 Å². The fraction of sp³-hybridized carbons (Fsp3) is 0.154. The van der Waals surface area contributed by atoms with E-state index in [0.717, 1.165) is 21.5 Å². The van der Waals surface area contributed by atoms with Crippen LogP contribution < -0.4 is 10.5 Å². The largest absolute Gasteiger partial charge is 0.496 e. The first kappa shape index (κ1) is 12.7. The number of hydrogen-bond acceptors (Lipinski definition) is 3. The molecule has 2 aromatic rings. The smallest absolute Gasteiger partial charge is 0.131 e. The van der Waals surface area contributed by atoms with Gasteiger partial charge in [-0.2, -0.15) is 0 Å². The summed E-state index contributed by atoms with van der Waals surface area (Å²) in [5.74, 6) is 1.35. The number of rotatable bonds is 4. The molecule has 0 atom stereocenters. The van der Waals surface area contributed by atoms with Gasteiger partial charge in [-0.3, -0.25) is 0 Å². The molecule has 18 heavy (non-hydrogen) atoms. The van der Waals surface area contributed by atoms with E-state index in [1.165, 1.54) is 0 Å². The molecule has 2 N–H and O–H groups in total. The maximum absolute atomic E-state index is 6.08. The molecular weight excluding hydrogens is 294 g/mol. The Morgan fingerprint density at radius 1 is 1.56 bits per heavy atom. The van der Waals surface area contributed by atoms with Crippen LogP contribution in [0.15, 0.2) is 41.7 Å². The molecule has 0 aliphatic rings. The molecular formula is C13H14BrN3O. The van der Waals surface area contributed by atoms with Crippen molar-refractivity contribution in [1.82, 2.24) is 9.55 Å². The molecule has 0 amide bonds. The van der Waals surface area contributed by atoms with Gasteiger partial charge < -0.3 is 15.0 Å². The molecule has 0 bridgehead atoms. The lowest BCUT2D eigenvalue weighted by Gasteiger charge is -2.08. The highest BCUT2D eigenvalue weighted by Crippen LogP contribution is 2.34. The molecule has 1 aromatic heterocycles. The Bertz CT molecular complexity index is 578. The standard InChI is InChI=1S/C13H14BrN3O/c1-3-6-17-8-16-12(13(17)15)10-7-9(14)4-5-11(10)18-2/h3-5,7-8H,1,6,15H2,2H3. The van der Waals surface area contributed by atoms with E-state index in [1.807, 2.05) is 22.8 Å². The minimum absolute atomic E-state index is 0.603. The van der Waals surface area contributed by atoms with Crippen molar-refractivity contribution in [3.8, 4) is 17.0 Å². The molecule has 4 nitrogen and oxygen atoms in total. The number of ether oxygens (including phenoxy) is 1. The van der Waals surface area contributed by atoms with Crippen molar-refractivity contribution < 1.29 is 4.74 Å². The lowest BCUT2D eigenvalue weighted by Crippen LogP contribution is -2.00. The Morgan fingerprint density at radius 3 is 3.00 bits per heavy atom. The number of aromatic nitrogens is 2. The van der Waals surface area contributed by atoms with E-state index in [0.29, 0.717) is 12.4 Å². The number of nitrogens with two attached hydrogens (primary N) is 1. The number of hydrogen-bond donors (Lipinski definition) is 1. The topological polar surface area (TPSA) is 53.1 Å². The number of allylic oxidation sites excluding steroid dienone is 1. The molecule has 2 rings (SSSR count). The summed E-state index contributed by atoms with van der Waals surface area (Å²) < 4.78 is 8.12. The van der Waals surface area contributed by atoms with Crippen molar-refractivity contribution in [2.45, 2.75) is 6.54 Å². The number of methoxy groups -OCH3 is 1. The molecule has 0 saturated heterocycles. The van der Waals surface area contributed by atoms with Crippen LogP contribution in [0.4, 0.5) is 5.82 Å². The van der Waals surface area contributed by atoms with Gasteiger partial charge >= 0.3 is 0 Å². The SMILES string of the molecule is C=CCn1cnc(-c2cc(Br)ccc2OC)c1N. The molecule has 1 aromatic carbocycles. The van der Waals surface area contributed by atoms with Crippen molar-refractivity contribution in [2.24, 2.45) is 0 Å². The van der Waals surface area contributed by atoms with Crippen molar-refractivity contribution in [2.75, 3.05) is 12.8 Å². The van der Waals surface area contributed by atoms with Crippen molar-refractivity contribution >= 4 is 21.7 Å². The van der Waals surface area contributed by atoms with Crippen molar-refractivity contribution in [3.05, 3.63) is 41.7 Å². The second-order valence-corrected chi connectivity index (χ2v) is 4.68. The predicted molar refractivity (Wildman–Crippen MR) is 76.5 cm³/mol. The van der Waals surface area contributed by atoms with Crippen LogP contribution in [-0.2, 0) is 6.54 Å². The first-order valence-corrected chi connectivity index (χ1v) is 6.22. The van der Waals surface area contributed by atoms with Crippen LogP contribution in [-0.4, -0.2) is 16.7 Å². The van der Waals surface area contributed by atoms with E-state index >= 15 is 0 Å². The van der Waals surface area contributed by atoms with Crippen LogP contribution in [0.1, 0.15) is 0 Å². The van der Waals surface area contributed by atoms with Gasteiger partial charge in [0.05, 0.1) is 13.4 Å². The van der Waals surface area contributed by atoms with Crippen molar-refractivity contribution in [1.29, 1.82) is 0 Å². The fourth-order valence-electron chi connectivity index (χ4n) is 1.75. The Morgan fingerprint density at radius 2 is 2.33 bits per heavy atom. The Kier molecular flexibility index (Phi) is 3.72. The molecule has 1 heterocycles. The van der Waals surface area contributed by atoms with Gasteiger partial charge in [-0.1, -0.05) is 22.0 Å². The molecule has 0 aliphatic carbocycles. The molecule has 5 heteroatoms. The summed E-state index contributed by atoms with van der Waals surface area (Å²) in [4.78, 5) is 4.34. The zero-order valence-electron chi connectivity index (χ0n) is 10.1. The van der Waals surface area contributed by atoms with Gasteiger partial charge in [-0.25, -0.2) is 4.98 Å². The minimum atomic E-state index is 0.603. The van der Waals surface area contributed by atoms with Crippen LogP contribution in [0.5, 0.6) is 5.75 Å². The first-order chi connectivity index (χ1) is 8.67. The highest BCUT2D eigenvalue weighted by Gasteiger charge is 2.14. The molecule has 94 valence electrons. The van der Waals surface area contributed by atoms with Crippen LogP contribution in [0.25, 0.3) is 11.3 Å². The number of imidazole rings is 1. The minimum Gasteiger partial charge on any atom is -0.496 e. The Balaban J connectivity index is 2.54. The highest BCUT2D eigenvalue weighted by molar-refractivity contribution is 9.10. The van der Waals surface area contributed by atoms with Gasteiger partial charge in [-0.05, 0) is 18.2 Å². The fourth-order valence-corrected chi connectivity index (χ4v) is 2.11. The third-order valence-corrected chi connectivity index (χ3v) is 3.11. The molecule has 0 spiro atoms. The van der Waals surface area contributed by atoms with E-state index in [-0.39, 0.29) is 0 Å². The number of nitrogens with zero attached hydrogens (tertiary/aromatic N) is 2. The molecule has 0 saturated carbocycles. The summed E-state index contributed by atoms with van der Waals surface area (Å²) in [5.41, 5.74) is 7.66. The van der Waals surface area contributed by atoms with Gasteiger partial charge in [0.2, 0.25) is 0 Å². The Hall–Kier alpha value is -1.75. The molecule has 0 aliphatic heterocycles. The lowest BCUT2D eigenvalue weighted by atomic mass is 10.1. The van der Waals surface area contributed by atoms with E-state index < -0.39 is 0 Å². The zero-order valence-corrected chi connectivity index (χ0v) is 11.6. The highest BCUT2D eigenvalue weighted by atomic mass is 79.9. The number of anilines is 1. The maximum Gasteiger partial charge on any atom is 0.131 e. The summed E-state index contributed by atoms with van der Waals surface area (Å²) in [6.07, 6.45) is 3.48. The van der Waals surface area contributed by atoms with Crippen molar-refractivity contribution in [3.63, 3.8) is 0 Å².